The van der Waals surface area contributed by atoms with Crippen LogP contribution in [0.15, 0.2) is 23.4 Å². The lowest BCUT2D eigenvalue weighted by atomic mass is 10.2. The Balaban J connectivity index is 1.32. The molecule has 0 radical (unpaired) electrons. The number of cyclic esters (lactones) is 1. The van der Waals surface area contributed by atoms with E-state index in [0.29, 0.717) is 36.3 Å². The Morgan fingerprint density at radius 1 is 1.35 bits per heavy atom. The number of nitrogens with zero attached hydrogens (tertiary/aromatic N) is 3. The highest BCUT2D eigenvalue weighted by molar-refractivity contribution is 5.90. The summed E-state index contributed by atoms with van der Waals surface area (Å²) in [5.41, 5.74) is 0.873. The van der Waals surface area contributed by atoms with Crippen molar-refractivity contribution in [2.45, 2.75) is 13.0 Å². The number of rotatable bonds is 8. The molecule has 1 aromatic rings. The summed E-state index contributed by atoms with van der Waals surface area (Å²) in [4.78, 5) is 41.5. The number of aliphatic carboxylic acids is 1. The largest absolute Gasteiger partial charge is 0.479 e. The molecular formula is C20H23FN4O6. The molecule has 1 saturated carbocycles. The number of piperidine rings is 1. The number of halogens is 1. The van der Waals surface area contributed by atoms with Crippen molar-refractivity contribution < 1.29 is 33.5 Å². The van der Waals surface area contributed by atoms with E-state index in [2.05, 4.69) is 15.3 Å². The third kappa shape index (κ3) is 4.54. The van der Waals surface area contributed by atoms with Crippen molar-refractivity contribution in [2.75, 3.05) is 42.6 Å². The number of carbonyl (C=O) groups excluding carboxylic acids is 2. The fourth-order valence-electron chi connectivity index (χ4n) is 4.21. The van der Waals surface area contributed by atoms with Crippen molar-refractivity contribution >= 4 is 35.6 Å². The van der Waals surface area contributed by atoms with Crippen LogP contribution < -0.4 is 15.1 Å². The third-order valence-corrected chi connectivity index (χ3v) is 5.79. The van der Waals surface area contributed by atoms with Gasteiger partial charge in [0.15, 0.2) is 0 Å². The highest BCUT2D eigenvalue weighted by atomic mass is 19.1. The van der Waals surface area contributed by atoms with E-state index in [-0.39, 0.29) is 24.9 Å². The first-order valence-corrected chi connectivity index (χ1v) is 9.98. The molecule has 2 saturated heterocycles. The van der Waals surface area contributed by atoms with Crippen molar-refractivity contribution in [3.63, 3.8) is 0 Å². The topological polar surface area (TPSA) is 121 Å². The molecule has 2 N–H and O–H groups in total. The molecule has 3 atom stereocenters. The number of hydrogen-bond acceptors (Lipinski definition) is 7. The number of benzene rings is 1. The van der Waals surface area contributed by atoms with Gasteiger partial charge in [0.1, 0.15) is 11.9 Å². The summed E-state index contributed by atoms with van der Waals surface area (Å²) in [6, 6.07) is 4.66. The second kappa shape index (κ2) is 8.40. The first kappa shape index (κ1) is 20.9. The standard InChI is InChI=1S/C20H23FN4O6/c1-11(26)22-5-13-7-25(20(29)31-13)12-2-3-18(17(21)4-12)24-8-15-14(16(15)9-24)6-23-30-10-19(27)28/h2-4,6,13-16H,5,7-10H2,1H3,(H,22,26)(H,27,28)/t13-,14?,15?,16?/m0/s1. The number of fused-ring (bicyclic) bond motifs is 1. The Labute approximate surface area is 177 Å². The van der Waals surface area contributed by atoms with Crippen molar-refractivity contribution in [2.24, 2.45) is 22.9 Å². The normalized spacial score (nSPS) is 26.7. The summed E-state index contributed by atoms with van der Waals surface area (Å²) in [6.45, 7) is 2.69. The highest BCUT2D eigenvalue weighted by Crippen LogP contribution is 2.51. The number of ether oxygens (including phenoxy) is 1. The number of carboxylic acids is 1. The van der Waals surface area contributed by atoms with Crippen LogP contribution in [-0.2, 0) is 19.2 Å². The molecule has 2 heterocycles. The minimum absolute atomic E-state index is 0.209. The number of nitrogens with one attached hydrogen (secondary N) is 1. The van der Waals surface area contributed by atoms with E-state index in [9.17, 15) is 18.8 Å². The predicted octanol–water partition coefficient (Wildman–Crippen LogP) is 1.06. The summed E-state index contributed by atoms with van der Waals surface area (Å²) >= 11 is 0. The van der Waals surface area contributed by atoms with Crippen LogP contribution >= 0.6 is 0 Å². The molecule has 10 nitrogen and oxygen atoms in total. The number of amides is 2. The molecule has 0 aromatic heterocycles. The molecule has 0 bridgehead atoms. The van der Waals surface area contributed by atoms with Gasteiger partial charge in [0.2, 0.25) is 12.5 Å². The number of carbonyl (C=O) groups is 3. The molecular weight excluding hydrogens is 411 g/mol. The molecule has 0 spiro atoms. The molecule has 31 heavy (non-hydrogen) atoms. The van der Waals surface area contributed by atoms with E-state index in [1.54, 1.807) is 18.3 Å². The average molecular weight is 434 g/mol. The molecule has 11 heteroatoms. The zero-order valence-corrected chi connectivity index (χ0v) is 16.9. The number of carboxylic acid groups (broad SMARTS) is 1. The molecule has 1 aliphatic carbocycles. The van der Waals surface area contributed by atoms with E-state index in [1.807, 2.05) is 4.90 Å². The van der Waals surface area contributed by atoms with Crippen LogP contribution in [0.25, 0.3) is 0 Å². The summed E-state index contributed by atoms with van der Waals surface area (Å²) in [5.74, 6) is -0.837. The smallest absolute Gasteiger partial charge is 0.414 e. The van der Waals surface area contributed by atoms with E-state index in [0.717, 1.165) is 0 Å². The van der Waals surface area contributed by atoms with Gasteiger partial charge in [0, 0.05) is 32.1 Å². The Bertz CT molecular complexity index is 913. The van der Waals surface area contributed by atoms with Gasteiger partial charge in [-0.05, 0) is 30.0 Å². The van der Waals surface area contributed by atoms with Gasteiger partial charge in [-0.25, -0.2) is 14.0 Å². The summed E-state index contributed by atoms with van der Waals surface area (Å²) in [7, 11) is 0. The van der Waals surface area contributed by atoms with Gasteiger partial charge in [-0.15, -0.1) is 0 Å². The van der Waals surface area contributed by atoms with E-state index >= 15 is 0 Å². The van der Waals surface area contributed by atoms with Gasteiger partial charge in [-0.2, -0.15) is 0 Å². The quantitative estimate of drug-likeness (QED) is 0.464. The molecule has 2 unspecified atom stereocenters. The van der Waals surface area contributed by atoms with Crippen LogP contribution in [0.1, 0.15) is 6.92 Å². The molecule has 2 aliphatic heterocycles. The number of oxime groups is 1. The molecule has 3 aliphatic rings. The van der Waals surface area contributed by atoms with Crippen LogP contribution in [0.5, 0.6) is 0 Å². The molecule has 166 valence electrons. The van der Waals surface area contributed by atoms with Crippen LogP contribution in [0.3, 0.4) is 0 Å². The highest BCUT2D eigenvalue weighted by Gasteiger charge is 2.55. The maximum atomic E-state index is 14.8. The fourth-order valence-corrected chi connectivity index (χ4v) is 4.21. The predicted molar refractivity (Wildman–Crippen MR) is 107 cm³/mol. The zero-order valence-electron chi connectivity index (χ0n) is 16.9. The molecule has 4 rings (SSSR count). The summed E-state index contributed by atoms with van der Waals surface area (Å²) in [6.07, 6.45) is 0.575. The van der Waals surface area contributed by atoms with Gasteiger partial charge in [-0.3, -0.25) is 9.69 Å². The maximum Gasteiger partial charge on any atom is 0.414 e. The maximum absolute atomic E-state index is 14.8. The van der Waals surface area contributed by atoms with Gasteiger partial charge in [-0.1, -0.05) is 5.16 Å². The van der Waals surface area contributed by atoms with Crippen molar-refractivity contribution in [1.82, 2.24) is 5.32 Å². The minimum atomic E-state index is -1.08. The van der Waals surface area contributed by atoms with E-state index in [4.69, 9.17) is 9.84 Å². The Kier molecular flexibility index (Phi) is 5.66. The molecule has 3 fully saturated rings. The van der Waals surface area contributed by atoms with E-state index in [1.165, 1.54) is 17.9 Å². The van der Waals surface area contributed by atoms with Crippen LogP contribution in [0.4, 0.5) is 20.6 Å². The van der Waals surface area contributed by atoms with Crippen LogP contribution in [0, 0.1) is 23.6 Å². The minimum Gasteiger partial charge on any atom is -0.479 e. The van der Waals surface area contributed by atoms with Crippen LogP contribution in [0.2, 0.25) is 0 Å². The molecule has 1 aromatic carbocycles. The Morgan fingerprint density at radius 3 is 2.74 bits per heavy atom. The third-order valence-electron chi connectivity index (χ3n) is 5.79. The Morgan fingerprint density at radius 2 is 2.10 bits per heavy atom. The van der Waals surface area contributed by atoms with Crippen molar-refractivity contribution in [3.05, 3.63) is 24.0 Å². The SMILES string of the molecule is CC(=O)NC[C@H]1CN(c2ccc(N3CC4C(C=NOCC(=O)O)C4C3)c(F)c2)C(=O)O1. The number of hydrogen-bond donors (Lipinski definition) is 2. The second-order valence-electron chi connectivity index (χ2n) is 7.92. The monoisotopic (exact) mass is 434 g/mol. The van der Waals surface area contributed by atoms with Crippen molar-refractivity contribution in [1.29, 1.82) is 0 Å². The number of anilines is 2. The lowest BCUT2D eigenvalue weighted by Gasteiger charge is -2.23. The van der Waals surface area contributed by atoms with Gasteiger partial charge >= 0.3 is 12.1 Å². The van der Waals surface area contributed by atoms with Gasteiger partial charge in [0.05, 0.1) is 24.5 Å². The second-order valence-corrected chi connectivity index (χ2v) is 7.92. The fraction of sp³-hybridized carbons (Fsp3) is 0.500. The summed E-state index contributed by atoms with van der Waals surface area (Å²) in [5, 5.41) is 14.8. The Hall–Kier alpha value is -3.37. The molecule has 2 amide bonds. The first-order chi connectivity index (χ1) is 14.8. The summed E-state index contributed by atoms with van der Waals surface area (Å²) < 4.78 is 20.0. The lowest BCUT2D eigenvalue weighted by molar-refractivity contribution is -0.142. The van der Waals surface area contributed by atoms with Crippen molar-refractivity contribution in [3.8, 4) is 0 Å². The van der Waals surface area contributed by atoms with Crippen LogP contribution in [-0.4, -0.2) is 68.2 Å². The van der Waals surface area contributed by atoms with Gasteiger partial charge in [0.25, 0.3) is 0 Å². The first-order valence-electron chi connectivity index (χ1n) is 9.98. The van der Waals surface area contributed by atoms with E-state index < -0.39 is 30.6 Å². The lowest BCUT2D eigenvalue weighted by Crippen LogP contribution is -2.33. The zero-order chi connectivity index (χ0) is 22.1. The average Bonchev–Trinajstić information content (AvgIpc) is 3.03. The van der Waals surface area contributed by atoms with Gasteiger partial charge < -0.3 is 24.9 Å².